The van der Waals surface area contributed by atoms with E-state index in [4.69, 9.17) is 4.74 Å². The second kappa shape index (κ2) is 7.03. The van der Waals surface area contributed by atoms with Crippen molar-refractivity contribution in [3.63, 3.8) is 0 Å². The van der Waals surface area contributed by atoms with E-state index in [9.17, 15) is 9.59 Å². The van der Waals surface area contributed by atoms with Gasteiger partial charge < -0.3 is 10.1 Å². The van der Waals surface area contributed by atoms with Crippen molar-refractivity contribution in [1.29, 1.82) is 0 Å². The quantitative estimate of drug-likeness (QED) is 0.855. The first-order chi connectivity index (χ1) is 9.66. The molecule has 1 amide bonds. The number of aromatic nitrogens is 1. The summed E-state index contributed by atoms with van der Waals surface area (Å²) < 4.78 is 5.16. The third-order valence-electron chi connectivity index (χ3n) is 3.52. The molecule has 0 saturated heterocycles. The molecule has 1 aromatic rings. The highest BCUT2D eigenvalue weighted by molar-refractivity contribution is 5.92. The first-order valence-electron chi connectivity index (χ1n) is 7.08. The van der Waals surface area contributed by atoms with Crippen LogP contribution in [0.25, 0.3) is 0 Å². The number of hydrogen-bond acceptors (Lipinski definition) is 4. The van der Waals surface area contributed by atoms with E-state index in [0.717, 1.165) is 25.7 Å². The number of nitrogens with zero attached hydrogens (tertiary/aromatic N) is 1. The van der Waals surface area contributed by atoms with Gasteiger partial charge in [0, 0.05) is 18.4 Å². The van der Waals surface area contributed by atoms with Crippen molar-refractivity contribution in [2.45, 2.75) is 51.2 Å². The van der Waals surface area contributed by atoms with Crippen molar-refractivity contribution in [3.05, 3.63) is 30.1 Å². The summed E-state index contributed by atoms with van der Waals surface area (Å²) in [4.78, 5) is 27.6. The predicted molar refractivity (Wildman–Crippen MR) is 74.1 cm³/mol. The molecule has 1 saturated carbocycles. The van der Waals surface area contributed by atoms with Crippen molar-refractivity contribution < 1.29 is 14.3 Å². The van der Waals surface area contributed by atoms with Crippen molar-refractivity contribution in [3.8, 4) is 0 Å². The van der Waals surface area contributed by atoms with Crippen molar-refractivity contribution in [1.82, 2.24) is 10.3 Å². The Labute approximate surface area is 118 Å². The Morgan fingerprint density at radius 2 is 1.90 bits per heavy atom. The largest absolute Gasteiger partial charge is 0.449 e. The fourth-order valence-corrected chi connectivity index (χ4v) is 2.34. The number of esters is 1. The molecule has 20 heavy (non-hydrogen) atoms. The minimum atomic E-state index is -0.780. The normalized spacial score (nSPS) is 17.2. The first-order valence-corrected chi connectivity index (χ1v) is 7.08. The minimum Gasteiger partial charge on any atom is -0.449 e. The van der Waals surface area contributed by atoms with Gasteiger partial charge in [0.05, 0.1) is 5.56 Å². The molecule has 108 valence electrons. The van der Waals surface area contributed by atoms with Gasteiger partial charge in [-0.25, -0.2) is 4.79 Å². The molecule has 5 heteroatoms. The van der Waals surface area contributed by atoms with Crippen LogP contribution in [0.2, 0.25) is 0 Å². The summed E-state index contributed by atoms with van der Waals surface area (Å²) in [5.41, 5.74) is 0.400. The number of amides is 1. The summed E-state index contributed by atoms with van der Waals surface area (Å²) in [6, 6.07) is 3.35. The van der Waals surface area contributed by atoms with Gasteiger partial charge >= 0.3 is 5.97 Å². The van der Waals surface area contributed by atoms with E-state index < -0.39 is 12.1 Å². The molecule has 0 bridgehead atoms. The SMILES string of the molecule is C[C@H](OC(=O)c1ccncc1)C(=O)NC1CCCCC1. The van der Waals surface area contributed by atoms with Crippen molar-refractivity contribution >= 4 is 11.9 Å². The van der Waals surface area contributed by atoms with Gasteiger partial charge in [0.1, 0.15) is 0 Å². The number of nitrogens with one attached hydrogen (secondary N) is 1. The second-order valence-corrected chi connectivity index (χ2v) is 5.13. The zero-order valence-corrected chi connectivity index (χ0v) is 11.7. The van der Waals surface area contributed by atoms with E-state index >= 15 is 0 Å². The van der Waals surface area contributed by atoms with E-state index in [1.807, 2.05) is 0 Å². The first kappa shape index (κ1) is 14.5. The van der Waals surface area contributed by atoms with E-state index in [2.05, 4.69) is 10.3 Å². The van der Waals surface area contributed by atoms with Crippen LogP contribution in [0.5, 0.6) is 0 Å². The van der Waals surface area contributed by atoms with E-state index in [0.29, 0.717) is 5.56 Å². The summed E-state index contributed by atoms with van der Waals surface area (Å²) in [5.74, 6) is -0.724. The Kier molecular flexibility index (Phi) is 5.09. The number of rotatable bonds is 4. The van der Waals surface area contributed by atoms with Crippen molar-refractivity contribution in [2.24, 2.45) is 0 Å². The Bertz CT molecular complexity index is 455. The van der Waals surface area contributed by atoms with Gasteiger partial charge in [-0.15, -0.1) is 0 Å². The van der Waals surface area contributed by atoms with Crippen LogP contribution in [0, 0.1) is 0 Å². The van der Waals surface area contributed by atoms with E-state index in [1.54, 1.807) is 19.1 Å². The monoisotopic (exact) mass is 276 g/mol. The highest BCUT2D eigenvalue weighted by Gasteiger charge is 2.22. The summed E-state index contributed by atoms with van der Waals surface area (Å²) in [6.45, 7) is 1.59. The molecule has 1 atom stereocenters. The average molecular weight is 276 g/mol. The van der Waals surface area contributed by atoms with E-state index in [-0.39, 0.29) is 11.9 Å². The van der Waals surface area contributed by atoms with Crippen LogP contribution in [-0.2, 0) is 9.53 Å². The minimum absolute atomic E-state index is 0.221. The van der Waals surface area contributed by atoms with Gasteiger partial charge in [0.2, 0.25) is 0 Å². The maximum atomic E-state index is 12.0. The standard InChI is InChI=1S/C15H20N2O3/c1-11(14(18)17-13-5-3-2-4-6-13)20-15(19)12-7-9-16-10-8-12/h7-11,13H,2-6H2,1H3,(H,17,18)/t11-/m0/s1. The smallest absolute Gasteiger partial charge is 0.339 e. The topological polar surface area (TPSA) is 68.3 Å². The lowest BCUT2D eigenvalue weighted by atomic mass is 9.95. The lowest BCUT2D eigenvalue weighted by Gasteiger charge is -2.24. The average Bonchev–Trinajstić information content (AvgIpc) is 2.49. The number of carbonyl (C=O) groups is 2. The molecule has 1 N–H and O–H groups in total. The summed E-state index contributed by atoms with van der Waals surface area (Å²) in [5, 5.41) is 2.95. The molecular weight excluding hydrogens is 256 g/mol. The van der Waals surface area contributed by atoms with Crippen LogP contribution in [0.15, 0.2) is 24.5 Å². The van der Waals surface area contributed by atoms with Crippen LogP contribution in [0.3, 0.4) is 0 Å². The molecule has 0 aromatic carbocycles. The molecule has 1 aromatic heterocycles. The van der Waals surface area contributed by atoms with Crippen LogP contribution < -0.4 is 5.32 Å². The molecule has 0 spiro atoms. The van der Waals surface area contributed by atoms with Crippen LogP contribution in [0.4, 0.5) is 0 Å². The van der Waals surface area contributed by atoms with Gasteiger partial charge in [-0.3, -0.25) is 9.78 Å². The molecule has 1 aliphatic carbocycles. The number of hydrogen-bond donors (Lipinski definition) is 1. The number of carbonyl (C=O) groups excluding carboxylic acids is 2. The molecule has 1 fully saturated rings. The van der Waals surface area contributed by atoms with Gasteiger partial charge in [0.15, 0.2) is 6.10 Å². The highest BCUT2D eigenvalue weighted by Crippen LogP contribution is 2.17. The van der Waals surface area contributed by atoms with Crippen molar-refractivity contribution in [2.75, 3.05) is 0 Å². The molecule has 5 nitrogen and oxygen atoms in total. The maximum absolute atomic E-state index is 12.0. The van der Waals surface area contributed by atoms with E-state index in [1.165, 1.54) is 18.8 Å². The zero-order valence-electron chi connectivity index (χ0n) is 11.7. The molecule has 1 aliphatic rings. The van der Waals surface area contributed by atoms with Gasteiger partial charge in [-0.2, -0.15) is 0 Å². The Morgan fingerprint density at radius 3 is 2.55 bits per heavy atom. The number of pyridine rings is 1. The third kappa shape index (κ3) is 4.05. The second-order valence-electron chi connectivity index (χ2n) is 5.13. The third-order valence-corrected chi connectivity index (χ3v) is 3.52. The number of ether oxygens (including phenoxy) is 1. The Balaban J connectivity index is 1.83. The van der Waals surface area contributed by atoms with Crippen LogP contribution in [-0.4, -0.2) is 29.0 Å². The van der Waals surface area contributed by atoms with Gasteiger partial charge in [0.25, 0.3) is 5.91 Å². The molecule has 2 rings (SSSR count). The maximum Gasteiger partial charge on any atom is 0.339 e. The fraction of sp³-hybridized carbons (Fsp3) is 0.533. The lowest BCUT2D eigenvalue weighted by molar-refractivity contribution is -0.130. The van der Waals surface area contributed by atoms with Gasteiger partial charge in [-0.05, 0) is 31.9 Å². The summed E-state index contributed by atoms with van der Waals surface area (Å²) in [6.07, 6.45) is 7.81. The van der Waals surface area contributed by atoms with Crippen LogP contribution >= 0.6 is 0 Å². The van der Waals surface area contributed by atoms with Crippen LogP contribution in [0.1, 0.15) is 49.4 Å². The Morgan fingerprint density at radius 1 is 1.25 bits per heavy atom. The molecule has 1 heterocycles. The lowest BCUT2D eigenvalue weighted by Crippen LogP contribution is -2.42. The summed E-state index contributed by atoms with van der Waals surface area (Å²) >= 11 is 0. The molecule has 0 unspecified atom stereocenters. The zero-order chi connectivity index (χ0) is 14.4. The molecule has 0 aliphatic heterocycles. The Hall–Kier alpha value is -1.91. The predicted octanol–water partition coefficient (Wildman–Crippen LogP) is 2.08. The molecule has 0 radical (unpaired) electrons. The highest BCUT2D eigenvalue weighted by atomic mass is 16.5. The fourth-order valence-electron chi connectivity index (χ4n) is 2.34. The summed E-state index contributed by atoms with van der Waals surface area (Å²) in [7, 11) is 0. The van der Waals surface area contributed by atoms with Gasteiger partial charge in [-0.1, -0.05) is 19.3 Å². The molecular formula is C15H20N2O3.